The number of carbonyl (C=O) groups is 1. The number of amides is 1. The summed E-state index contributed by atoms with van der Waals surface area (Å²) < 4.78 is 93.1. The third-order valence-corrected chi connectivity index (χ3v) is 7.93. The summed E-state index contributed by atoms with van der Waals surface area (Å²) >= 11 is 5.93. The molecule has 0 spiro atoms. The van der Waals surface area contributed by atoms with Gasteiger partial charge in [0.25, 0.3) is 15.9 Å². The highest BCUT2D eigenvalue weighted by atomic mass is 35.5. The first-order valence-electron chi connectivity index (χ1n) is 10.0. The molecule has 0 aliphatic heterocycles. The molecule has 37 heavy (non-hydrogen) atoms. The van der Waals surface area contributed by atoms with Gasteiger partial charge < -0.3 is 15.3 Å². The van der Waals surface area contributed by atoms with E-state index in [0.717, 1.165) is 18.2 Å². The van der Waals surface area contributed by atoms with Gasteiger partial charge in [-0.15, -0.1) is 12.4 Å². The average molecular weight is 609 g/mol. The summed E-state index contributed by atoms with van der Waals surface area (Å²) in [4.78, 5) is 13.1. The second-order valence-corrected chi connectivity index (χ2v) is 11.9. The molecule has 1 atom stereocenters. The van der Waals surface area contributed by atoms with E-state index in [1.807, 2.05) is 0 Å². The fourth-order valence-electron chi connectivity index (χ4n) is 2.54. The number of benzene rings is 2. The first-order valence-corrected chi connectivity index (χ1v) is 13.4. The summed E-state index contributed by atoms with van der Waals surface area (Å²) in [5.41, 5.74) is -4.04. The van der Waals surface area contributed by atoms with Gasteiger partial charge in [-0.25, -0.2) is 21.6 Å². The van der Waals surface area contributed by atoms with Crippen molar-refractivity contribution >= 4 is 61.3 Å². The highest BCUT2D eigenvalue weighted by Crippen LogP contribution is 2.33. The van der Waals surface area contributed by atoms with Crippen molar-refractivity contribution in [3.05, 3.63) is 47.5 Å². The molecular weight excluding hydrogens is 584 g/mol. The molecule has 1 amide bonds. The summed E-state index contributed by atoms with van der Waals surface area (Å²) in [5.74, 6) is -1.81. The number of anilines is 2. The van der Waals surface area contributed by atoms with Crippen molar-refractivity contribution in [3.8, 4) is 0 Å². The Kier molecular flexibility index (Phi) is 10.8. The van der Waals surface area contributed by atoms with Crippen LogP contribution in [0.25, 0.3) is 0 Å². The molecule has 10 nitrogen and oxygen atoms in total. The van der Waals surface area contributed by atoms with Crippen molar-refractivity contribution in [1.29, 1.82) is 0 Å². The molecule has 0 aliphatic carbocycles. The van der Waals surface area contributed by atoms with Gasteiger partial charge in [0.1, 0.15) is 0 Å². The van der Waals surface area contributed by atoms with Gasteiger partial charge in [0, 0.05) is 18.8 Å². The minimum Gasteiger partial charge on any atom is -0.373 e. The minimum atomic E-state index is -5.26. The predicted octanol–water partition coefficient (Wildman–Crippen LogP) is 2.65. The largest absolute Gasteiger partial charge is 0.426 e. The molecule has 2 aromatic rings. The predicted molar refractivity (Wildman–Crippen MR) is 135 cm³/mol. The van der Waals surface area contributed by atoms with Crippen molar-refractivity contribution in [3.63, 3.8) is 0 Å². The highest BCUT2D eigenvalue weighted by Gasteiger charge is 2.55. The van der Waals surface area contributed by atoms with E-state index in [-0.39, 0.29) is 42.1 Å². The lowest BCUT2D eigenvalue weighted by Crippen LogP contribution is -2.52. The highest BCUT2D eigenvalue weighted by molar-refractivity contribution is 7.92. The molecule has 0 fully saturated rings. The van der Waals surface area contributed by atoms with Crippen LogP contribution in [0.2, 0.25) is 5.02 Å². The Morgan fingerprint density at radius 2 is 1.54 bits per heavy atom. The van der Waals surface area contributed by atoms with Crippen LogP contribution in [0.1, 0.15) is 6.92 Å². The van der Waals surface area contributed by atoms with Gasteiger partial charge in [0.15, 0.2) is 0 Å². The number of alkyl halides is 3. The zero-order valence-electron chi connectivity index (χ0n) is 19.6. The molecule has 0 bridgehead atoms. The summed E-state index contributed by atoms with van der Waals surface area (Å²) in [7, 11) is -4.49. The minimum absolute atomic E-state index is 0. The maximum atomic E-state index is 12.8. The number of carbonyl (C=O) groups excluding carboxylic acids is 1. The van der Waals surface area contributed by atoms with Gasteiger partial charge in [0.2, 0.25) is 15.6 Å². The Balaban J connectivity index is 0.00000684. The molecule has 17 heteroatoms. The van der Waals surface area contributed by atoms with E-state index < -0.39 is 47.6 Å². The smallest absolute Gasteiger partial charge is 0.373 e. The van der Waals surface area contributed by atoms with Crippen LogP contribution in [0.3, 0.4) is 0 Å². The van der Waals surface area contributed by atoms with Crippen molar-refractivity contribution in [2.45, 2.75) is 28.5 Å². The molecule has 0 saturated carbocycles. The van der Waals surface area contributed by atoms with E-state index in [0.29, 0.717) is 6.54 Å². The van der Waals surface area contributed by atoms with Crippen LogP contribution in [0.15, 0.2) is 52.3 Å². The van der Waals surface area contributed by atoms with Crippen LogP contribution in [-0.2, 0) is 24.8 Å². The Bertz CT molecular complexity index is 1320. The summed E-state index contributed by atoms with van der Waals surface area (Å²) in [6.45, 7) is 0.911. The number of aliphatic hydroxyl groups is 1. The molecule has 4 N–H and O–H groups in total. The maximum absolute atomic E-state index is 12.8. The van der Waals surface area contributed by atoms with E-state index >= 15 is 0 Å². The maximum Gasteiger partial charge on any atom is 0.426 e. The lowest BCUT2D eigenvalue weighted by molar-refractivity contribution is -0.242. The number of sulfonamides is 2. The third-order valence-electron chi connectivity index (χ3n) is 4.76. The number of likely N-dealkylation sites (N-methyl/N-ethyl adjacent to an activating group) is 1. The van der Waals surface area contributed by atoms with Crippen LogP contribution in [0, 0.1) is 0 Å². The number of nitrogens with zero attached hydrogens (tertiary/aromatic N) is 1. The van der Waals surface area contributed by atoms with Gasteiger partial charge in [-0.2, -0.15) is 13.2 Å². The van der Waals surface area contributed by atoms with Gasteiger partial charge in [0.05, 0.1) is 20.5 Å². The van der Waals surface area contributed by atoms with E-state index in [9.17, 15) is 39.9 Å². The van der Waals surface area contributed by atoms with Gasteiger partial charge in [-0.05, 0) is 63.5 Å². The van der Waals surface area contributed by atoms with Crippen LogP contribution in [-0.4, -0.2) is 71.7 Å². The number of hydrogen-bond donors (Lipinski definition) is 4. The Morgan fingerprint density at radius 3 is 2.03 bits per heavy atom. The van der Waals surface area contributed by atoms with E-state index in [2.05, 4.69) is 9.44 Å². The SMILES string of the molecule is CN(C)CCNS(=O)(=O)c1ccc(NS(=O)(=O)c2ccc(NC(=O)[C@@](C)(O)C(F)(F)F)c(Cl)c2)cc1.Cl. The Morgan fingerprint density at radius 1 is 1.00 bits per heavy atom. The first kappa shape index (κ1) is 32.9. The van der Waals surface area contributed by atoms with Crippen molar-refractivity contribution < 1.29 is 39.9 Å². The molecule has 0 saturated heterocycles. The van der Waals surface area contributed by atoms with Crippen LogP contribution < -0.4 is 14.8 Å². The quantitative estimate of drug-likeness (QED) is 0.324. The monoisotopic (exact) mass is 608 g/mol. The second-order valence-electron chi connectivity index (χ2n) is 8.00. The van der Waals surface area contributed by atoms with Gasteiger partial charge in [-0.3, -0.25) is 9.52 Å². The van der Waals surface area contributed by atoms with Gasteiger partial charge in [-0.1, -0.05) is 11.6 Å². The lowest BCUT2D eigenvalue weighted by atomic mass is 10.1. The molecule has 0 aliphatic rings. The van der Waals surface area contributed by atoms with E-state index in [4.69, 9.17) is 11.6 Å². The van der Waals surface area contributed by atoms with Crippen molar-refractivity contribution in [2.75, 3.05) is 37.2 Å². The molecule has 208 valence electrons. The molecule has 2 rings (SSSR count). The van der Waals surface area contributed by atoms with Gasteiger partial charge >= 0.3 is 6.18 Å². The fourth-order valence-corrected chi connectivity index (χ4v) is 4.94. The fraction of sp³-hybridized carbons (Fsp3) is 0.350. The van der Waals surface area contributed by atoms with Crippen LogP contribution in [0.4, 0.5) is 24.5 Å². The van der Waals surface area contributed by atoms with Crippen LogP contribution in [0.5, 0.6) is 0 Å². The topological polar surface area (TPSA) is 145 Å². The standard InChI is InChI=1S/C20H24ClF3N4O6S2.ClH/c1-19(30,20(22,23)24)18(29)26-17-9-8-15(12-16(17)21)36(33,34)27-13-4-6-14(7-5-13)35(31,32)25-10-11-28(2)3;/h4-9,12,25,27,30H,10-11H2,1-3H3,(H,26,29);1H/t19-;/m1./s1. The van der Waals surface area contributed by atoms with Crippen LogP contribution >= 0.6 is 24.0 Å². The summed E-state index contributed by atoms with van der Waals surface area (Å²) in [6.07, 6.45) is -5.26. The molecular formula is C20H25Cl2F3N4O6S2. The second kappa shape index (κ2) is 12.1. The molecule has 2 aromatic carbocycles. The molecule has 0 unspecified atom stereocenters. The molecule has 0 heterocycles. The lowest BCUT2D eigenvalue weighted by Gasteiger charge is -2.25. The normalized spacial score (nSPS) is 14.0. The number of halogens is 5. The van der Waals surface area contributed by atoms with Crippen molar-refractivity contribution in [1.82, 2.24) is 9.62 Å². The number of nitrogens with one attached hydrogen (secondary N) is 3. The van der Waals surface area contributed by atoms with Crippen molar-refractivity contribution in [2.24, 2.45) is 0 Å². The third kappa shape index (κ3) is 8.43. The van der Waals surface area contributed by atoms with E-state index in [1.165, 1.54) is 24.3 Å². The molecule has 0 aromatic heterocycles. The number of rotatable bonds is 10. The zero-order chi connectivity index (χ0) is 27.5. The molecule has 0 radical (unpaired) electrons. The van der Waals surface area contributed by atoms with E-state index in [1.54, 1.807) is 24.3 Å². The average Bonchev–Trinajstić information content (AvgIpc) is 2.73. The Labute approximate surface area is 223 Å². The zero-order valence-corrected chi connectivity index (χ0v) is 22.8. The first-order chi connectivity index (χ1) is 16.4. The Hall–Kier alpha value is -2.14. The summed E-state index contributed by atoms with van der Waals surface area (Å²) in [5, 5.41) is 10.8. The summed E-state index contributed by atoms with van der Waals surface area (Å²) in [6, 6.07) is 7.67. The number of hydrogen-bond acceptors (Lipinski definition) is 7.